The van der Waals surface area contributed by atoms with Gasteiger partial charge in [0.05, 0.1) is 51.1 Å². The number of methoxy groups -OCH3 is 1. The molecule has 4 aromatic rings. The smallest absolute Gasteiger partial charge is 0.338 e. The molecule has 3 heterocycles. The van der Waals surface area contributed by atoms with Gasteiger partial charge in [-0.05, 0) is 70.7 Å². The fraction of sp³-hybridized carbons (Fsp3) is 0.310. The lowest BCUT2D eigenvalue weighted by molar-refractivity contribution is -0.139. The van der Waals surface area contributed by atoms with E-state index < -0.39 is 12.0 Å². The van der Waals surface area contributed by atoms with Crippen LogP contribution >= 0.6 is 27.3 Å². The van der Waals surface area contributed by atoms with E-state index in [1.54, 1.807) is 54.0 Å². The molecule has 0 unspecified atom stereocenters. The van der Waals surface area contributed by atoms with E-state index in [1.807, 2.05) is 37.3 Å². The van der Waals surface area contributed by atoms with Gasteiger partial charge >= 0.3 is 11.7 Å². The summed E-state index contributed by atoms with van der Waals surface area (Å²) in [5, 5.41) is 0. The minimum Gasteiger partial charge on any atom is -0.496 e. The molecule has 0 saturated carbocycles. The van der Waals surface area contributed by atoms with E-state index in [4.69, 9.17) is 14.5 Å². The first-order valence-corrected chi connectivity index (χ1v) is 14.5. The van der Waals surface area contributed by atoms with Crippen LogP contribution in [0.3, 0.4) is 0 Å². The van der Waals surface area contributed by atoms with Crippen molar-refractivity contribution in [2.24, 2.45) is 19.1 Å². The Hall–Kier alpha value is -3.70. The van der Waals surface area contributed by atoms with Crippen LogP contribution < -0.4 is 25.3 Å². The number of carbonyl (C=O) groups is 1. The monoisotopic (exact) mass is 624 g/mol. The fourth-order valence-corrected chi connectivity index (χ4v) is 6.63. The minimum atomic E-state index is -0.723. The van der Waals surface area contributed by atoms with Crippen molar-refractivity contribution in [1.82, 2.24) is 13.7 Å². The summed E-state index contributed by atoms with van der Waals surface area (Å²) in [5.41, 5.74) is 3.68. The molecule has 208 valence electrons. The average molecular weight is 626 g/mol. The maximum Gasteiger partial charge on any atom is 0.338 e. The summed E-state index contributed by atoms with van der Waals surface area (Å²) >= 11 is 4.82. The molecule has 1 aliphatic rings. The first kappa shape index (κ1) is 27.9. The largest absolute Gasteiger partial charge is 0.496 e. The second kappa shape index (κ2) is 11.1. The second-order valence-electron chi connectivity index (χ2n) is 9.46. The van der Waals surface area contributed by atoms with Crippen LogP contribution in [0.2, 0.25) is 0 Å². The molecule has 0 bridgehead atoms. The number of hydrogen-bond acceptors (Lipinski definition) is 7. The quantitative estimate of drug-likeness (QED) is 0.293. The molecule has 1 aliphatic heterocycles. The minimum absolute atomic E-state index is 0.118. The Morgan fingerprint density at radius 3 is 2.52 bits per heavy atom. The highest BCUT2D eigenvalue weighted by Gasteiger charge is 2.34. The number of fused-ring (bicyclic) bond motifs is 2. The van der Waals surface area contributed by atoms with Gasteiger partial charge in [-0.1, -0.05) is 36.8 Å². The van der Waals surface area contributed by atoms with Gasteiger partial charge in [0.25, 0.3) is 5.56 Å². The maximum absolute atomic E-state index is 14.0. The van der Waals surface area contributed by atoms with Crippen molar-refractivity contribution in [3.05, 3.63) is 93.4 Å². The van der Waals surface area contributed by atoms with Gasteiger partial charge in [0.15, 0.2) is 4.80 Å². The van der Waals surface area contributed by atoms with E-state index in [0.717, 1.165) is 28.6 Å². The van der Waals surface area contributed by atoms with E-state index in [0.29, 0.717) is 37.2 Å². The zero-order chi connectivity index (χ0) is 28.7. The summed E-state index contributed by atoms with van der Waals surface area (Å²) in [7, 11) is 5.03. The van der Waals surface area contributed by atoms with E-state index in [-0.39, 0.29) is 17.9 Å². The van der Waals surface area contributed by atoms with Gasteiger partial charge in [-0.25, -0.2) is 14.6 Å². The number of carbonyl (C=O) groups excluding carboxylic acids is 1. The first-order valence-electron chi connectivity index (χ1n) is 12.9. The average Bonchev–Trinajstić information content (AvgIpc) is 3.35. The zero-order valence-corrected chi connectivity index (χ0v) is 25.3. The molecular formula is C29H29BrN4O5S. The van der Waals surface area contributed by atoms with Crippen molar-refractivity contribution in [1.29, 1.82) is 0 Å². The summed E-state index contributed by atoms with van der Waals surface area (Å²) in [4.78, 5) is 45.1. The summed E-state index contributed by atoms with van der Waals surface area (Å²) in [6.45, 7) is 3.98. The Morgan fingerprint density at radius 2 is 1.85 bits per heavy atom. The number of thiazole rings is 1. The first-order chi connectivity index (χ1) is 19.2. The number of halogens is 1. The summed E-state index contributed by atoms with van der Waals surface area (Å²) in [6, 6.07) is 10.4. The standard InChI is InChI=1S/C29H29BrN4O5S/c1-6-8-19-24(27(36)39-7-2)25(17-10-12-22(38-5)18(30)15-17)34-26(35)23(40-28(34)31-19)14-16-9-11-20-21(13-16)33(4)29(37)32(20)3/h9-15,25H,6-8H2,1-5H3/b23-14+/t25-/m1/s1. The number of esters is 1. The molecule has 0 spiro atoms. The Balaban J connectivity index is 1.76. The molecule has 5 rings (SSSR count). The third-order valence-electron chi connectivity index (χ3n) is 6.98. The van der Waals surface area contributed by atoms with Gasteiger partial charge in [0, 0.05) is 14.1 Å². The van der Waals surface area contributed by atoms with Crippen molar-refractivity contribution in [3.63, 3.8) is 0 Å². The Bertz CT molecular complexity index is 1930. The molecule has 1 atom stereocenters. The molecule has 9 nitrogen and oxygen atoms in total. The zero-order valence-electron chi connectivity index (χ0n) is 22.9. The molecule has 0 fully saturated rings. The number of benzene rings is 2. The molecule has 0 radical (unpaired) electrons. The summed E-state index contributed by atoms with van der Waals surface area (Å²) < 4.78 is 16.8. The van der Waals surface area contributed by atoms with Crippen molar-refractivity contribution < 1.29 is 14.3 Å². The van der Waals surface area contributed by atoms with Crippen molar-refractivity contribution >= 4 is 50.3 Å². The summed E-state index contributed by atoms with van der Waals surface area (Å²) in [5.74, 6) is 0.147. The van der Waals surface area contributed by atoms with Gasteiger partial charge in [0.1, 0.15) is 5.75 Å². The molecule has 2 aromatic heterocycles. The molecule has 0 amide bonds. The van der Waals surface area contributed by atoms with E-state index in [2.05, 4.69) is 15.9 Å². The number of aromatic nitrogens is 3. The van der Waals surface area contributed by atoms with E-state index in [9.17, 15) is 14.4 Å². The Kier molecular flexibility index (Phi) is 7.70. The lowest BCUT2D eigenvalue weighted by Crippen LogP contribution is -2.40. The van der Waals surface area contributed by atoms with Crippen LogP contribution in [-0.2, 0) is 23.6 Å². The van der Waals surface area contributed by atoms with Gasteiger partial charge in [0.2, 0.25) is 0 Å². The number of aryl methyl sites for hydroxylation is 2. The SMILES string of the molecule is CCCC1=C(C(=O)OCC)[C@@H](c2ccc(OC)c(Br)c2)n2c(s/c(=C/c3ccc4c(c3)n(C)c(=O)n4C)c2=O)=N1. The van der Waals surface area contributed by atoms with Crippen LogP contribution in [0, 0.1) is 0 Å². The van der Waals surface area contributed by atoms with Crippen molar-refractivity contribution in [3.8, 4) is 5.75 Å². The molecule has 0 aliphatic carbocycles. The third-order valence-corrected chi connectivity index (χ3v) is 8.58. The van der Waals surface area contributed by atoms with Crippen LogP contribution in [0.15, 0.2) is 66.7 Å². The number of rotatable bonds is 7. The van der Waals surface area contributed by atoms with E-state index in [1.165, 1.54) is 11.3 Å². The van der Waals surface area contributed by atoms with Gasteiger partial charge in [-0.2, -0.15) is 0 Å². The highest BCUT2D eigenvalue weighted by molar-refractivity contribution is 9.10. The maximum atomic E-state index is 14.0. The van der Waals surface area contributed by atoms with Crippen LogP contribution in [-0.4, -0.2) is 33.4 Å². The van der Waals surface area contributed by atoms with Crippen molar-refractivity contribution in [2.75, 3.05) is 13.7 Å². The molecule has 0 saturated heterocycles. The topological polar surface area (TPSA) is 96.8 Å². The molecular weight excluding hydrogens is 596 g/mol. The van der Waals surface area contributed by atoms with Gasteiger partial charge < -0.3 is 9.47 Å². The summed E-state index contributed by atoms with van der Waals surface area (Å²) in [6.07, 6.45) is 3.13. The fourth-order valence-electron chi connectivity index (χ4n) is 5.05. The van der Waals surface area contributed by atoms with Gasteiger partial charge in [-0.3, -0.25) is 18.5 Å². The predicted octanol–water partition coefficient (Wildman–Crippen LogP) is 3.54. The lowest BCUT2D eigenvalue weighted by Gasteiger charge is -2.26. The number of imidazole rings is 1. The van der Waals surface area contributed by atoms with Crippen LogP contribution in [0.4, 0.5) is 0 Å². The molecule has 11 heteroatoms. The second-order valence-corrected chi connectivity index (χ2v) is 11.3. The Morgan fingerprint density at radius 1 is 1.10 bits per heavy atom. The van der Waals surface area contributed by atoms with Gasteiger partial charge in [-0.15, -0.1) is 0 Å². The number of ether oxygens (including phenoxy) is 2. The molecule has 2 aromatic carbocycles. The van der Waals surface area contributed by atoms with E-state index >= 15 is 0 Å². The van der Waals surface area contributed by atoms with Crippen molar-refractivity contribution in [2.45, 2.75) is 32.7 Å². The molecule has 40 heavy (non-hydrogen) atoms. The lowest BCUT2D eigenvalue weighted by atomic mass is 9.94. The number of hydrogen-bond donors (Lipinski definition) is 0. The van der Waals surface area contributed by atoms with Crippen LogP contribution in [0.25, 0.3) is 17.1 Å². The Labute approximate surface area is 242 Å². The number of allylic oxidation sites excluding steroid dienone is 1. The normalized spacial score (nSPS) is 15.3. The van der Waals surface area contributed by atoms with Crippen LogP contribution in [0.5, 0.6) is 5.75 Å². The number of nitrogens with zero attached hydrogens (tertiary/aromatic N) is 4. The highest BCUT2D eigenvalue weighted by atomic mass is 79.9. The third kappa shape index (κ3) is 4.66. The molecule has 0 N–H and O–H groups in total. The van der Waals surface area contributed by atoms with Crippen LogP contribution in [0.1, 0.15) is 43.9 Å². The predicted molar refractivity (Wildman–Crippen MR) is 158 cm³/mol. The highest BCUT2D eigenvalue weighted by Crippen LogP contribution is 2.36.